The highest BCUT2D eigenvalue weighted by Gasteiger charge is 2.28. The zero-order valence-corrected chi connectivity index (χ0v) is 14.6. The van der Waals surface area contributed by atoms with Crippen molar-refractivity contribution in [2.45, 2.75) is 45.1 Å². The lowest BCUT2D eigenvalue weighted by atomic mass is 9.89. The molecule has 24 heavy (non-hydrogen) atoms. The van der Waals surface area contributed by atoms with Gasteiger partial charge in [-0.05, 0) is 57.2 Å². The van der Waals surface area contributed by atoms with Gasteiger partial charge in [-0.15, -0.1) is 0 Å². The van der Waals surface area contributed by atoms with E-state index in [1.165, 1.54) is 19.2 Å². The molecule has 2 rings (SSSR count). The summed E-state index contributed by atoms with van der Waals surface area (Å²) >= 11 is 0. The predicted octanol–water partition coefficient (Wildman–Crippen LogP) is 3.73. The van der Waals surface area contributed by atoms with E-state index in [1.807, 2.05) is 20.8 Å². The molecule has 0 bridgehead atoms. The minimum Gasteiger partial charge on any atom is -0.465 e. The number of carbonyl (C=O) groups excluding carboxylic acids is 2. The number of amides is 1. The van der Waals surface area contributed by atoms with E-state index in [1.54, 1.807) is 11.0 Å². The molecule has 1 fully saturated rings. The number of piperidine rings is 1. The number of ether oxygens (including phenoxy) is 2. The summed E-state index contributed by atoms with van der Waals surface area (Å²) in [5.74, 6) is -1.10. The second-order valence-electron chi connectivity index (χ2n) is 6.97. The van der Waals surface area contributed by atoms with E-state index in [0.717, 1.165) is 18.4 Å². The number of esters is 1. The smallest absolute Gasteiger partial charge is 0.410 e. The Bertz CT molecular complexity index is 616. The summed E-state index contributed by atoms with van der Waals surface area (Å²) in [6.45, 7) is 6.65. The van der Waals surface area contributed by atoms with Crippen LogP contribution in [-0.2, 0) is 9.47 Å². The number of halogens is 1. The van der Waals surface area contributed by atoms with Gasteiger partial charge in [-0.2, -0.15) is 0 Å². The molecule has 6 heteroatoms. The SMILES string of the molecule is COC(=O)c1ccc(C2CCN(C(=O)OC(C)(C)C)CC2)cc1F. The van der Waals surface area contributed by atoms with Crippen molar-refractivity contribution in [1.82, 2.24) is 4.90 Å². The van der Waals surface area contributed by atoms with Crippen molar-refractivity contribution in [3.05, 3.63) is 35.1 Å². The second-order valence-corrected chi connectivity index (χ2v) is 6.97. The molecular weight excluding hydrogens is 313 g/mol. The molecule has 1 aliphatic heterocycles. The molecule has 0 unspecified atom stereocenters. The Morgan fingerprint density at radius 3 is 2.33 bits per heavy atom. The summed E-state index contributed by atoms with van der Waals surface area (Å²) in [7, 11) is 1.22. The predicted molar refractivity (Wildman–Crippen MR) is 87.5 cm³/mol. The molecule has 1 aliphatic rings. The van der Waals surface area contributed by atoms with Crippen LogP contribution < -0.4 is 0 Å². The second kappa shape index (κ2) is 7.20. The molecule has 1 aromatic carbocycles. The molecule has 0 N–H and O–H groups in total. The first-order chi connectivity index (χ1) is 11.2. The fourth-order valence-electron chi connectivity index (χ4n) is 2.78. The molecule has 0 spiro atoms. The fraction of sp³-hybridized carbons (Fsp3) is 0.556. The Balaban J connectivity index is 1.98. The Hall–Kier alpha value is -2.11. The summed E-state index contributed by atoms with van der Waals surface area (Å²) < 4.78 is 24.0. The van der Waals surface area contributed by atoms with Gasteiger partial charge >= 0.3 is 12.1 Å². The van der Waals surface area contributed by atoms with Crippen LogP contribution in [0.15, 0.2) is 18.2 Å². The zero-order chi connectivity index (χ0) is 17.9. The Kier molecular flexibility index (Phi) is 5.47. The van der Waals surface area contributed by atoms with Crippen molar-refractivity contribution in [2.75, 3.05) is 20.2 Å². The van der Waals surface area contributed by atoms with E-state index >= 15 is 0 Å². The molecule has 1 aromatic rings. The van der Waals surface area contributed by atoms with E-state index in [9.17, 15) is 14.0 Å². The van der Waals surface area contributed by atoms with Crippen LogP contribution in [0.1, 0.15) is 55.5 Å². The van der Waals surface area contributed by atoms with Gasteiger partial charge in [0.2, 0.25) is 0 Å². The highest BCUT2D eigenvalue weighted by molar-refractivity contribution is 5.89. The number of hydrogen-bond donors (Lipinski definition) is 0. The third-order valence-electron chi connectivity index (χ3n) is 4.02. The zero-order valence-electron chi connectivity index (χ0n) is 14.6. The number of carbonyl (C=O) groups is 2. The minimum atomic E-state index is -0.682. The number of hydrogen-bond acceptors (Lipinski definition) is 4. The summed E-state index contributed by atoms with van der Waals surface area (Å²) in [5, 5.41) is 0. The molecule has 0 aliphatic carbocycles. The van der Waals surface area contributed by atoms with Gasteiger partial charge in [0.15, 0.2) is 0 Å². The van der Waals surface area contributed by atoms with E-state index in [-0.39, 0.29) is 17.6 Å². The maximum atomic E-state index is 14.0. The summed E-state index contributed by atoms with van der Waals surface area (Å²) in [5.41, 5.74) is 0.261. The fourth-order valence-corrected chi connectivity index (χ4v) is 2.78. The average Bonchev–Trinajstić information content (AvgIpc) is 2.52. The lowest BCUT2D eigenvalue weighted by molar-refractivity contribution is 0.0204. The molecule has 132 valence electrons. The van der Waals surface area contributed by atoms with Crippen LogP contribution in [-0.4, -0.2) is 42.8 Å². The molecule has 0 aromatic heterocycles. The van der Waals surface area contributed by atoms with E-state index < -0.39 is 17.4 Å². The largest absolute Gasteiger partial charge is 0.465 e. The van der Waals surface area contributed by atoms with Crippen LogP contribution >= 0.6 is 0 Å². The molecule has 1 saturated heterocycles. The molecule has 1 heterocycles. The van der Waals surface area contributed by atoms with Crippen LogP contribution in [0.5, 0.6) is 0 Å². The molecular formula is C18H24FNO4. The van der Waals surface area contributed by atoms with Gasteiger partial charge in [-0.25, -0.2) is 14.0 Å². The molecule has 0 saturated carbocycles. The van der Waals surface area contributed by atoms with Crippen molar-refractivity contribution in [2.24, 2.45) is 0 Å². The van der Waals surface area contributed by atoms with Crippen LogP contribution in [0.3, 0.4) is 0 Å². The first-order valence-electron chi connectivity index (χ1n) is 8.07. The Morgan fingerprint density at radius 1 is 1.21 bits per heavy atom. The highest BCUT2D eigenvalue weighted by Crippen LogP contribution is 2.30. The van der Waals surface area contributed by atoms with Gasteiger partial charge in [0.25, 0.3) is 0 Å². The van der Waals surface area contributed by atoms with E-state index in [4.69, 9.17) is 4.74 Å². The van der Waals surface area contributed by atoms with Crippen molar-refractivity contribution in [3.63, 3.8) is 0 Å². The first kappa shape index (κ1) is 18.2. The third kappa shape index (κ3) is 4.46. The topological polar surface area (TPSA) is 55.8 Å². The van der Waals surface area contributed by atoms with Crippen molar-refractivity contribution in [3.8, 4) is 0 Å². The first-order valence-corrected chi connectivity index (χ1v) is 8.07. The minimum absolute atomic E-state index is 0.0626. The maximum Gasteiger partial charge on any atom is 0.410 e. The number of methoxy groups -OCH3 is 1. The van der Waals surface area contributed by atoms with Crippen LogP contribution in [0.25, 0.3) is 0 Å². The van der Waals surface area contributed by atoms with Crippen molar-refractivity contribution >= 4 is 12.1 Å². The quantitative estimate of drug-likeness (QED) is 0.772. The lowest BCUT2D eigenvalue weighted by Gasteiger charge is -2.33. The van der Waals surface area contributed by atoms with Crippen molar-refractivity contribution in [1.29, 1.82) is 0 Å². The lowest BCUT2D eigenvalue weighted by Crippen LogP contribution is -2.41. The number of nitrogens with zero attached hydrogens (tertiary/aromatic N) is 1. The van der Waals surface area contributed by atoms with E-state index in [2.05, 4.69) is 4.74 Å². The maximum absolute atomic E-state index is 14.0. The standard InChI is InChI=1S/C18H24FNO4/c1-18(2,3)24-17(22)20-9-7-12(8-10-20)13-5-6-14(15(19)11-13)16(21)23-4/h5-6,11-12H,7-10H2,1-4H3. The monoisotopic (exact) mass is 337 g/mol. The normalized spacial score (nSPS) is 16.0. The van der Waals surface area contributed by atoms with Crippen LogP contribution in [0, 0.1) is 5.82 Å². The highest BCUT2D eigenvalue weighted by atomic mass is 19.1. The van der Waals surface area contributed by atoms with Gasteiger partial charge in [-0.1, -0.05) is 6.07 Å². The number of likely N-dealkylation sites (tertiary alicyclic amines) is 1. The molecule has 5 nitrogen and oxygen atoms in total. The number of benzene rings is 1. The van der Waals surface area contributed by atoms with Gasteiger partial charge in [0.1, 0.15) is 11.4 Å². The van der Waals surface area contributed by atoms with Crippen LogP contribution in [0.2, 0.25) is 0 Å². The van der Waals surface area contributed by atoms with Gasteiger partial charge in [-0.3, -0.25) is 0 Å². The molecule has 0 atom stereocenters. The van der Waals surface area contributed by atoms with Gasteiger partial charge < -0.3 is 14.4 Å². The van der Waals surface area contributed by atoms with Gasteiger partial charge in [0, 0.05) is 13.1 Å². The number of rotatable bonds is 2. The van der Waals surface area contributed by atoms with E-state index in [0.29, 0.717) is 13.1 Å². The van der Waals surface area contributed by atoms with Crippen molar-refractivity contribution < 1.29 is 23.5 Å². The molecule has 1 amide bonds. The summed E-state index contributed by atoms with van der Waals surface area (Å²) in [4.78, 5) is 25.2. The Morgan fingerprint density at radius 2 is 1.83 bits per heavy atom. The van der Waals surface area contributed by atoms with Gasteiger partial charge in [0.05, 0.1) is 12.7 Å². The third-order valence-corrected chi connectivity index (χ3v) is 4.02. The Labute approximate surface area is 141 Å². The summed E-state index contributed by atoms with van der Waals surface area (Å²) in [6.07, 6.45) is 1.15. The average molecular weight is 337 g/mol. The van der Waals surface area contributed by atoms with Crippen LogP contribution in [0.4, 0.5) is 9.18 Å². The molecule has 0 radical (unpaired) electrons. The summed E-state index contributed by atoms with van der Waals surface area (Å²) in [6, 6.07) is 4.60.